The van der Waals surface area contributed by atoms with Gasteiger partial charge in [-0.2, -0.15) is 0 Å². The summed E-state index contributed by atoms with van der Waals surface area (Å²) in [6, 6.07) is 0.426. The van der Waals surface area contributed by atoms with Crippen molar-refractivity contribution in [2.45, 2.75) is 57.6 Å². The van der Waals surface area contributed by atoms with Gasteiger partial charge in [-0.3, -0.25) is 4.99 Å². The Labute approximate surface area is 163 Å². The van der Waals surface area contributed by atoms with E-state index in [1.165, 1.54) is 0 Å². The fraction of sp³-hybridized carbons (Fsp3) is 0.941. The third-order valence-corrected chi connectivity index (χ3v) is 4.48. The van der Waals surface area contributed by atoms with Gasteiger partial charge in [-0.15, -0.1) is 24.0 Å². The van der Waals surface area contributed by atoms with Gasteiger partial charge in [0, 0.05) is 38.3 Å². The summed E-state index contributed by atoms with van der Waals surface area (Å²) >= 11 is 0. The van der Waals surface area contributed by atoms with Crippen LogP contribution in [-0.2, 0) is 9.47 Å². The molecule has 1 saturated carbocycles. The monoisotopic (exact) mass is 455 g/mol. The lowest BCUT2D eigenvalue weighted by molar-refractivity contribution is 0.0893. The Morgan fingerprint density at radius 2 is 2.04 bits per heavy atom. The Morgan fingerprint density at radius 1 is 1.25 bits per heavy atom. The minimum absolute atomic E-state index is 0. The minimum Gasteiger partial charge on any atom is -0.393 e. The van der Waals surface area contributed by atoms with Gasteiger partial charge in [-0.25, -0.2) is 0 Å². The summed E-state index contributed by atoms with van der Waals surface area (Å²) in [5.74, 6) is 1.47. The van der Waals surface area contributed by atoms with Crippen LogP contribution >= 0.6 is 24.0 Å². The molecule has 7 heteroatoms. The van der Waals surface area contributed by atoms with Crippen LogP contribution in [-0.4, -0.2) is 62.7 Å². The predicted molar refractivity (Wildman–Crippen MR) is 107 cm³/mol. The molecule has 24 heavy (non-hydrogen) atoms. The van der Waals surface area contributed by atoms with Gasteiger partial charge in [0.15, 0.2) is 5.96 Å². The molecule has 0 spiro atoms. The van der Waals surface area contributed by atoms with Gasteiger partial charge in [0.25, 0.3) is 0 Å². The van der Waals surface area contributed by atoms with Crippen LogP contribution < -0.4 is 10.6 Å². The van der Waals surface area contributed by atoms with Gasteiger partial charge in [-0.05, 0) is 45.4 Å². The van der Waals surface area contributed by atoms with Crippen LogP contribution in [0.5, 0.6) is 0 Å². The molecule has 0 aromatic rings. The second kappa shape index (κ2) is 13.1. The maximum absolute atomic E-state index is 9.57. The molecule has 0 aromatic heterocycles. The maximum Gasteiger partial charge on any atom is 0.191 e. The maximum atomic E-state index is 9.57. The Hall–Kier alpha value is -0.120. The second-order valence-corrected chi connectivity index (χ2v) is 6.57. The molecule has 1 aliphatic heterocycles. The zero-order chi connectivity index (χ0) is 16.3. The highest BCUT2D eigenvalue weighted by molar-refractivity contribution is 14.0. The molecule has 0 bridgehead atoms. The number of hydrogen-bond donors (Lipinski definition) is 3. The van der Waals surface area contributed by atoms with E-state index in [0.29, 0.717) is 12.0 Å². The average Bonchev–Trinajstić information content (AvgIpc) is 3.06. The predicted octanol–water partition coefficient (Wildman–Crippen LogP) is 1.91. The zero-order valence-corrected chi connectivity index (χ0v) is 17.2. The first-order chi connectivity index (χ1) is 11.3. The van der Waals surface area contributed by atoms with Crippen LogP contribution in [0, 0.1) is 5.92 Å². The molecule has 0 radical (unpaired) electrons. The summed E-state index contributed by atoms with van der Waals surface area (Å²) in [6.45, 7) is 7.01. The Balaban J connectivity index is 0.00000288. The molecular formula is C17H34IN3O3. The van der Waals surface area contributed by atoms with Crippen molar-refractivity contribution in [2.24, 2.45) is 10.9 Å². The molecule has 142 valence electrons. The fourth-order valence-electron chi connectivity index (χ4n) is 3.06. The molecule has 3 N–H and O–H groups in total. The van der Waals surface area contributed by atoms with E-state index in [1.807, 2.05) is 0 Å². The standard InChI is InChI=1S/C17H33N3O3.HI/c1-2-18-17(20-15-4-6-16(21)7-5-15)19-9-3-10-22-12-14-8-11-23-13-14;/h14-16,21H,2-13H2,1H3,(H2,18,19,20);1H. The van der Waals surface area contributed by atoms with E-state index in [-0.39, 0.29) is 30.1 Å². The number of aliphatic imine (C=N–C) groups is 1. The number of ether oxygens (including phenoxy) is 2. The first-order valence-corrected chi connectivity index (χ1v) is 9.16. The summed E-state index contributed by atoms with van der Waals surface area (Å²) in [4.78, 5) is 4.62. The molecule has 1 heterocycles. The first kappa shape index (κ1) is 21.9. The molecule has 2 fully saturated rings. The SMILES string of the molecule is CCNC(=NCCCOCC1CCOC1)NC1CCC(O)CC1.I. The Bertz CT molecular complexity index is 344. The van der Waals surface area contributed by atoms with Crippen molar-refractivity contribution in [1.82, 2.24) is 10.6 Å². The summed E-state index contributed by atoms with van der Waals surface area (Å²) in [7, 11) is 0. The third-order valence-electron chi connectivity index (χ3n) is 4.48. The summed E-state index contributed by atoms with van der Waals surface area (Å²) in [6.07, 6.45) is 5.74. The van der Waals surface area contributed by atoms with E-state index in [1.54, 1.807) is 0 Å². The number of aliphatic hydroxyl groups is 1. The van der Waals surface area contributed by atoms with Crippen molar-refractivity contribution in [3.05, 3.63) is 0 Å². The van der Waals surface area contributed by atoms with Crippen molar-refractivity contribution in [3.8, 4) is 0 Å². The average molecular weight is 455 g/mol. The Morgan fingerprint density at radius 3 is 2.71 bits per heavy atom. The highest BCUT2D eigenvalue weighted by Gasteiger charge is 2.20. The molecule has 2 aliphatic rings. The lowest BCUT2D eigenvalue weighted by atomic mass is 9.93. The quantitative estimate of drug-likeness (QED) is 0.226. The molecule has 2 rings (SSSR count). The zero-order valence-electron chi connectivity index (χ0n) is 14.8. The van der Waals surface area contributed by atoms with Crippen molar-refractivity contribution in [2.75, 3.05) is 39.5 Å². The topological polar surface area (TPSA) is 75.1 Å². The number of rotatable bonds is 8. The van der Waals surface area contributed by atoms with E-state index < -0.39 is 0 Å². The smallest absolute Gasteiger partial charge is 0.191 e. The van der Waals surface area contributed by atoms with Crippen LogP contribution in [0.2, 0.25) is 0 Å². The number of aliphatic hydroxyl groups excluding tert-OH is 1. The number of guanidine groups is 1. The van der Waals surface area contributed by atoms with Gasteiger partial charge in [0.1, 0.15) is 0 Å². The molecule has 1 atom stereocenters. The second-order valence-electron chi connectivity index (χ2n) is 6.57. The molecule has 1 saturated heterocycles. The largest absolute Gasteiger partial charge is 0.393 e. The Kier molecular flexibility index (Phi) is 12.0. The lowest BCUT2D eigenvalue weighted by Gasteiger charge is -2.27. The van der Waals surface area contributed by atoms with E-state index in [9.17, 15) is 5.11 Å². The fourth-order valence-corrected chi connectivity index (χ4v) is 3.06. The highest BCUT2D eigenvalue weighted by Crippen LogP contribution is 2.18. The van der Waals surface area contributed by atoms with Crippen molar-refractivity contribution >= 4 is 29.9 Å². The minimum atomic E-state index is -0.116. The van der Waals surface area contributed by atoms with Gasteiger partial charge in [0.05, 0.1) is 19.3 Å². The number of hydrogen-bond acceptors (Lipinski definition) is 4. The molecule has 1 unspecified atom stereocenters. The summed E-state index contributed by atoms with van der Waals surface area (Å²) in [5.41, 5.74) is 0. The number of nitrogens with one attached hydrogen (secondary N) is 2. The number of nitrogens with zero attached hydrogens (tertiary/aromatic N) is 1. The first-order valence-electron chi connectivity index (χ1n) is 9.16. The van der Waals surface area contributed by atoms with Crippen LogP contribution in [0.25, 0.3) is 0 Å². The highest BCUT2D eigenvalue weighted by atomic mass is 127. The van der Waals surface area contributed by atoms with Crippen molar-refractivity contribution < 1.29 is 14.6 Å². The summed E-state index contributed by atoms with van der Waals surface area (Å²) in [5, 5.41) is 16.4. The van der Waals surface area contributed by atoms with E-state index in [2.05, 4.69) is 22.5 Å². The molecule has 1 aliphatic carbocycles. The van der Waals surface area contributed by atoms with E-state index in [0.717, 1.165) is 84.0 Å². The molecule has 0 aromatic carbocycles. The number of halogens is 1. The van der Waals surface area contributed by atoms with Gasteiger partial charge in [0.2, 0.25) is 0 Å². The van der Waals surface area contributed by atoms with Crippen LogP contribution in [0.1, 0.15) is 45.4 Å². The van der Waals surface area contributed by atoms with Crippen LogP contribution in [0.4, 0.5) is 0 Å². The molecular weight excluding hydrogens is 421 g/mol. The molecule has 6 nitrogen and oxygen atoms in total. The van der Waals surface area contributed by atoms with Gasteiger partial charge in [-0.1, -0.05) is 0 Å². The van der Waals surface area contributed by atoms with Crippen LogP contribution in [0.15, 0.2) is 4.99 Å². The summed E-state index contributed by atoms with van der Waals surface area (Å²) < 4.78 is 11.0. The molecule has 0 amide bonds. The van der Waals surface area contributed by atoms with E-state index >= 15 is 0 Å². The van der Waals surface area contributed by atoms with Crippen molar-refractivity contribution in [3.63, 3.8) is 0 Å². The normalized spacial score (nSPS) is 27.6. The van der Waals surface area contributed by atoms with Gasteiger partial charge >= 0.3 is 0 Å². The third kappa shape index (κ3) is 8.82. The van der Waals surface area contributed by atoms with Gasteiger partial charge < -0.3 is 25.2 Å². The lowest BCUT2D eigenvalue weighted by Crippen LogP contribution is -2.45. The van der Waals surface area contributed by atoms with E-state index in [4.69, 9.17) is 9.47 Å². The van der Waals surface area contributed by atoms with Crippen LogP contribution in [0.3, 0.4) is 0 Å². The van der Waals surface area contributed by atoms with Crippen molar-refractivity contribution in [1.29, 1.82) is 0 Å².